The standard InChI is InChI=1S/C20H17FN6O2S/c1-30-19(25-12-22)24-8-15-10-27(20(28)29-15)14-4-5-18(16(21)7-14)26-9-13-3-2-6-23-17(13)11-26/h2-7,9,11,15H,8,10H2,1H3,(H,24,25). The summed E-state index contributed by atoms with van der Waals surface area (Å²) in [4.78, 5) is 22.1. The molecule has 1 amide bonds. The number of rotatable bonds is 4. The fourth-order valence-electron chi connectivity index (χ4n) is 3.19. The third-order valence-corrected chi connectivity index (χ3v) is 5.22. The van der Waals surface area contributed by atoms with Gasteiger partial charge in [0.2, 0.25) is 0 Å². The summed E-state index contributed by atoms with van der Waals surface area (Å²) in [5.41, 5.74) is 1.53. The third kappa shape index (κ3) is 3.92. The number of halogens is 1. The first kappa shape index (κ1) is 19.7. The lowest BCUT2D eigenvalue weighted by molar-refractivity contribution is 0.145. The maximum absolute atomic E-state index is 14.8. The fraction of sp³-hybridized carbons (Fsp3) is 0.200. The van der Waals surface area contributed by atoms with E-state index in [-0.39, 0.29) is 13.1 Å². The number of thioether (sulfide) groups is 1. The molecule has 1 atom stereocenters. The van der Waals surface area contributed by atoms with Crippen LogP contribution >= 0.6 is 11.8 Å². The lowest BCUT2D eigenvalue weighted by Crippen LogP contribution is -2.25. The number of amidine groups is 1. The van der Waals surface area contributed by atoms with Gasteiger partial charge in [0.25, 0.3) is 0 Å². The van der Waals surface area contributed by atoms with Crippen LogP contribution in [0.5, 0.6) is 0 Å². The number of carbonyl (C=O) groups is 1. The van der Waals surface area contributed by atoms with Gasteiger partial charge in [-0.2, -0.15) is 5.26 Å². The highest BCUT2D eigenvalue weighted by atomic mass is 32.2. The Hall–Kier alpha value is -3.58. The largest absolute Gasteiger partial charge is 0.442 e. The number of anilines is 1. The molecule has 0 saturated carbocycles. The molecule has 1 saturated heterocycles. The van der Waals surface area contributed by atoms with E-state index in [4.69, 9.17) is 10.00 Å². The van der Waals surface area contributed by atoms with Crippen LogP contribution in [0.25, 0.3) is 16.6 Å². The molecule has 8 nitrogen and oxygen atoms in total. The molecule has 0 bridgehead atoms. The second kappa shape index (κ2) is 8.42. The Bertz CT molecular complexity index is 1140. The fourth-order valence-corrected chi connectivity index (χ4v) is 3.54. The van der Waals surface area contributed by atoms with Crippen LogP contribution in [0, 0.1) is 17.3 Å². The van der Waals surface area contributed by atoms with Gasteiger partial charge in [0.05, 0.1) is 30.0 Å². The van der Waals surface area contributed by atoms with Crippen molar-refractivity contribution >= 4 is 39.6 Å². The molecular formula is C20H17FN6O2S. The van der Waals surface area contributed by atoms with Crippen molar-refractivity contribution in [1.82, 2.24) is 14.9 Å². The zero-order chi connectivity index (χ0) is 21.1. The minimum absolute atomic E-state index is 0.205. The van der Waals surface area contributed by atoms with Crippen molar-refractivity contribution in [3.63, 3.8) is 0 Å². The van der Waals surface area contributed by atoms with Crippen LogP contribution in [0.4, 0.5) is 14.9 Å². The van der Waals surface area contributed by atoms with E-state index in [9.17, 15) is 9.18 Å². The monoisotopic (exact) mass is 424 g/mol. The lowest BCUT2D eigenvalue weighted by atomic mass is 10.2. The second-order valence-corrected chi connectivity index (χ2v) is 7.28. The molecule has 3 heterocycles. The average Bonchev–Trinajstić information content (AvgIpc) is 3.34. The first-order chi connectivity index (χ1) is 14.6. The molecule has 1 unspecified atom stereocenters. The van der Waals surface area contributed by atoms with Crippen molar-refractivity contribution in [3.8, 4) is 11.9 Å². The highest BCUT2D eigenvalue weighted by Crippen LogP contribution is 2.27. The van der Waals surface area contributed by atoms with Gasteiger partial charge < -0.3 is 9.30 Å². The number of hydrogen-bond acceptors (Lipinski definition) is 6. The van der Waals surface area contributed by atoms with Crippen LogP contribution in [-0.2, 0) is 4.74 Å². The highest BCUT2D eigenvalue weighted by molar-refractivity contribution is 8.13. The SMILES string of the molecule is CSC(=NCC1CN(c2ccc(-n3cc4cccnc4c3)c(F)c2)C(=O)O1)NC#N. The van der Waals surface area contributed by atoms with E-state index in [0.717, 1.165) is 10.9 Å². The van der Waals surface area contributed by atoms with E-state index in [1.807, 2.05) is 12.1 Å². The molecule has 4 rings (SSSR count). The van der Waals surface area contributed by atoms with Gasteiger partial charge in [-0.25, -0.2) is 9.18 Å². The number of aliphatic imine (C=N–C) groups is 1. The Morgan fingerprint density at radius 1 is 1.47 bits per heavy atom. The Balaban J connectivity index is 1.51. The molecule has 1 fully saturated rings. The number of amides is 1. The minimum atomic E-state index is -0.558. The zero-order valence-corrected chi connectivity index (χ0v) is 16.8. The van der Waals surface area contributed by atoms with Gasteiger partial charge in [0, 0.05) is 24.0 Å². The Morgan fingerprint density at radius 2 is 2.33 bits per heavy atom. The van der Waals surface area contributed by atoms with Crippen LogP contribution in [0.3, 0.4) is 0 Å². The van der Waals surface area contributed by atoms with Gasteiger partial charge in [0.1, 0.15) is 11.9 Å². The van der Waals surface area contributed by atoms with Crippen molar-refractivity contribution < 1.29 is 13.9 Å². The maximum Gasteiger partial charge on any atom is 0.414 e. The van der Waals surface area contributed by atoms with E-state index in [1.54, 1.807) is 47.7 Å². The number of nitrogens with zero attached hydrogens (tertiary/aromatic N) is 5. The average molecular weight is 424 g/mol. The molecule has 1 aliphatic rings. The van der Waals surface area contributed by atoms with Gasteiger partial charge in [-0.15, -0.1) is 0 Å². The molecule has 3 aromatic rings. The molecule has 10 heteroatoms. The summed E-state index contributed by atoms with van der Waals surface area (Å²) < 4.78 is 21.8. The van der Waals surface area contributed by atoms with Gasteiger partial charge >= 0.3 is 6.09 Å². The summed E-state index contributed by atoms with van der Waals surface area (Å²) in [6.07, 6.45) is 7.79. The number of aromatic nitrogens is 2. The maximum atomic E-state index is 14.8. The molecular weight excluding hydrogens is 407 g/mol. The summed E-state index contributed by atoms with van der Waals surface area (Å²) in [6.45, 7) is 0.448. The summed E-state index contributed by atoms with van der Waals surface area (Å²) in [7, 11) is 0. The van der Waals surface area contributed by atoms with Gasteiger partial charge in [-0.05, 0) is 36.6 Å². The summed E-state index contributed by atoms with van der Waals surface area (Å²) in [5.74, 6) is -0.468. The van der Waals surface area contributed by atoms with Crippen LogP contribution in [0.15, 0.2) is 53.9 Å². The predicted octanol–water partition coefficient (Wildman–Crippen LogP) is 3.28. The topological polar surface area (TPSA) is 95.5 Å². The number of hydrogen-bond donors (Lipinski definition) is 1. The van der Waals surface area contributed by atoms with Crippen molar-refractivity contribution in [2.24, 2.45) is 4.99 Å². The van der Waals surface area contributed by atoms with Gasteiger partial charge in [-0.1, -0.05) is 11.8 Å². The van der Waals surface area contributed by atoms with Crippen LogP contribution in [0.2, 0.25) is 0 Å². The summed E-state index contributed by atoms with van der Waals surface area (Å²) in [6, 6.07) is 8.33. The second-order valence-electron chi connectivity index (χ2n) is 6.48. The van der Waals surface area contributed by atoms with Crippen molar-refractivity contribution in [3.05, 3.63) is 54.7 Å². The molecule has 2 aromatic heterocycles. The molecule has 152 valence electrons. The Labute approximate surface area is 176 Å². The number of nitriles is 1. The molecule has 1 aromatic carbocycles. The number of benzene rings is 1. The number of cyclic esters (lactones) is 1. The number of fused-ring (bicyclic) bond motifs is 1. The lowest BCUT2D eigenvalue weighted by Gasteiger charge is -2.14. The zero-order valence-electron chi connectivity index (χ0n) is 15.9. The number of nitrogens with one attached hydrogen (secondary N) is 1. The molecule has 30 heavy (non-hydrogen) atoms. The molecule has 1 aliphatic heterocycles. The Morgan fingerprint density at radius 3 is 3.07 bits per heavy atom. The van der Waals surface area contributed by atoms with E-state index in [0.29, 0.717) is 16.5 Å². The van der Waals surface area contributed by atoms with E-state index in [2.05, 4.69) is 15.3 Å². The molecule has 1 N–H and O–H groups in total. The Kier molecular flexibility index (Phi) is 5.54. The van der Waals surface area contributed by atoms with Crippen LogP contribution < -0.4 is 10.2 Å². The van der Waals surface area contributed by atoms with Crippen LogP contribution in [-0.4, -0.2) is 46.3 Å². The smallest absolute Gasteiger partial charge is 0.414 e. The van der Waals surface area contributed by atoms with Crippen LogP contribution in [0.1, 0.15) is 0 Å². The van der Waals surface area contributed by atoms with E-state index >= 15 is 0 Å². The van der Waals surface area contributed by atoms with E-state index < -0.39 is 18.0 Å². The third-order valence-electron chi connectivity index (χ3n) is 4.60. The van der Waals surface area contributed by atoms with Crippen molar-refractivity contribution in [1.29, 1.82) is 5.26 Å². The van der Waals surface area contributed by atoms with E-state index in [1.165, 1.54) is 22.7 Å². The normalized spacial score (nSPS) is 16.6. The van der Waals surface area contributed by atoms with Crippen molar-refractivity contribution in [2.75, 3.05) is 24.2 Å². The number of ether oxygens (including phenoxy) is 1. The minimum Gasteiger partial charge on any atom is -0.442 e. The predicted molar refractivity (Wildman–Crippen MR) is 113 cm³/mol. The van der Waals surface area contributed by atoms with Crippen molar-refractivity contribution in [2.45, 2.75) is 6.10 Å². The summed E-state index contributed by atoms with van der Waals surface area (Å²) >= 11 is 1.28. The van der Waals surface area contributed by atoms with Gasteiger partial charge in [-0.3, -0.25) is 20.2 Å². The molecule has 0 aliphatic carbocycles. The highest BCUT2D eigenvalue weighted by Gasteiger charge is 2.32. The quantitative estimate of drug-likeness (QED) is 0.299. The summed E-state index contributed by atoms with van der Waals surface area (Å²) in [5, 5.41) is 12.5. The molecule has 0 radical (unpaired) electrons. The first-order valence-corrected chi connectivity index (χ1v) is 10.3. The number of carbonyl (C=O) groups excluding carboxylic acids is 1. The molecule has 0 spiro atoms. The first-order valence-electron chi connectivity index (χ1n) is 9.03. The number of pyridine rings is 1. The van der Waals surface area contributed by atoms with Gasteiger partial charge in [0.15, 0.2) is 11.4 Å².